The Kier molecular flexibility index (Phi) is 3.04. The molecular formula is C15H18N4O. The quantitative estimate of drug-likeness (QED) is 0.899. The van der Waals surface area contributed by atoms with Gasteiger partial charge in [0.1, 0.15) is 17.6 Å². The number of para-hydroxylation sites is 2. The number of benzene rings is 1. The minimum absolute atomic E-state index is 0.0503. The maximum Gasteiger partial charge on any atom is 0.170 e. The second kappa shape index (κ2) is 4.74. The van der Waals surface area contributed by atoms with E-state index in [1.54, 1.807) is 0 Å². The van der Waals surface area contributed by atoms with Gasteiger partial charge in [-0.25, -0.2) is 4.98 Å². The number of Topliss-reactive ketones (excluding diaryl/α,β-unsaturated/α-hetero) is 1. The van der Waals surface area contributed by atoms with E-state index in [0.717, 1.165) is 17.5 Å². The molecular weight excluding hydrogens is 252 g/mol. The van der Waals surface area contributed by atoms with Gasteiger partial charge in [0.25, 0.3) is 0 Å². The highest BCUT2D eigenvalue weighted by molar-refractivity contribution is 6.14. The lowest BCUT2D eigenvalue weighted by molar-refractivity contribution is -0.118. The van der Waals surface area contributed by atoms with E-state index < -0.39 is 5.92 Å². The molecule has 1 aliphatic rings. The molecule has 2 atom stereocenters. The van der Waals surface area contributed by atoms with Crippen molar-refractivity contribution in [3.05, 3.63) is 30.1 Å². The molecule has 0 radical (unpaired) electrons. The Morgan fingerprint density at radius 2 is 2.25 bits per heavy atom. The SMILES string of the molecule is CC[C@H](C)N1CC(=O)[C@@H](c2nc3ccccc3[nH]2)C1=N. The molecule has 0 amide bonds. The first-order valence-corrected chi connectivity index (χ1v) is 6.94. The summed E-state index contributed by atoms with van der Waals surface area (Å²) >= 11 is 0. The topological polar surface area (TPSA) is 72.8 Å². The highest BCUT2D eigenvalue weighted by Crippen LogP contribution is 2.27. The number of hydrogen-bond acceptors (Lipinski definition) is 3. The lowest BCUT2D eigenvalue weighted by Gasteiger charge is -2.24. The molecule has 2 heterocycles. The fourth-order valence-electron chi connectivity index (χ4n) is 2.67. The van der Waals surface area contributed by atoms with Crippen molar-refractivity contribution in [2.24, 2.45) is 0 Å². The average Bonchev–Trinajstić information content (AvgIpc) is 2.98. The first-order chi connectivity index (χ1) is 9.61. The molecule has 2 N–H and O–H groups in total. The van der Waals surface area contributed by atoms with Crippen LogP contribution in [0, 0.1) is 5.41 Å². The van der Waals surface area contributed by atoms with Crippen LogP contribution in [0.5, 0.6) is 0 Å². The second-order valence-corrected chi connectivity index (χ2v) is 5.31. The largest absolute Gasteiger partial charge is 0.349 e. The molecule has 5 heteroatoms. The number of imidazole rings is 1. The van der Waals surface area contributed by atoms with Gasteiger partial charge < -0.3 is 9.88 Å². The van der Waals surface area contributed by atoms with Crippen molar-refractivity contribution in [1.29, 1.82) is 5.41 Å². The maximum atomic E-state index is 12.3. The van der Waals surface area contributed by atoms with E-state index in [0.29, 0.717) is 18.2 Å². The number of fused-ring (bicyclic) bond motifs is 1. The van der Waals surface area contributed by atoms with Gasteiger partial charge in [-0.05, 0) is 25.5 Å². The number of hydrogen-bond donors (Lipinski definition) is 2. The average molecular weight is 270 g/mol. The lowest BCUT2D eigenvalue weighted by atomic mass is 10.1. The molecule has 0 aliphatic carbocycles. The van der Waals surface area contributed by atoms with E-state index in [9.17, 15) is 4.79 Å². The maximum absolute atomic E-state index is 12.3. The Balaban J connectivity index is 1.97. The lowest BCUT2D eigenvalue weighted by Crippen LogP contribution is -2.34. The van der Waals surface area contributed by atoms with Crippen molar-refractivity contribution in [3.63, 3.8) is 0 Å². The van der Waals surface area contributed by atoms with E-state index in [1.807, 2.05) is 36.1 Å². The van der Waals surface area contributed by atoms with Gasteiger partial charge >= 0.3 is 0 Å². The van der Waals surface area contributed by atoms with Crippen molar-refractivity contribution >= 4 is 22.7 Å². The summed E-state index contributed by atoms with van der Waals surface area (Å²) in [4.78, 5) is 21.8. The van der Waals surface area contributed by atoms with Crippen LogP contribution in [0.3, 0.4) is 0 Å². The van der Waals surface area contributed by atoms with Gasteiger partial charge in [-0.15, -0.1) is 0 Å². The Morgan fingerprint density at radius 1 is 1.50 bits per heavy atom. The zero-order valence-corrected chi connectivity index (χ0v) is 11.7. The molecule has 3 rings (SSSR count). The number of carbonyl (C=O) groups is 1. The smallest absolute Gasteiger partial charge is 0.170 e. The van der Waals surface area contributed by atoms with Crippen LogP contribution in [0.1, 0.15) is 32.0 Å². The highest BCUT2D eigenvalue weighted by Gasteiger charge is 2.40. The minimum atomic E-state index is -0.545. The van der Waals surface area contributed by atoms with Crippen LogP contribution in [0.2, 0.25) is 0 Å². The zero-order chi connectivity index (χ0) is 14.3. The zero-order valence-electron chi connectivity index (χ0n) is 11.7. The summed E-state index contributed by atoms with van der Waals surface area (Å²) in [7, 11) is 0. The third kappa shape index (κ3) is 1.90. The van der Waals surface area contributed by atoms with Crippen LogP contribution in [0.4, 0.5) is 0 Å². The van der Waals surface area contributed by atoms with Crippen LogP contribution in [-0.4, -0.2) is 39.1 Å². The number of nitrogens with zero attached hydrogens (tertiary/aromatic N) is 2. The van der Waals surface area contributed by atoms with Crippen molar-refractivity contribution < 1.29 is 4.79 Å². The van der Waals surface area contributed by atoms with Crippen LogP contribution < -0.4 is 0 Å². The Hall–Kier alpha value is -2.17. The van der Waals surface area contributed by atoms with E-state index in [1.165, 1.54) is 0 Å². The van der Waals surface area contributed by atoms with Gasteiger partial charge in [0.2, 0.25) is 0 Å². The molecule has 2 aromatic rings. The normalized spacial score (nSPS) is 20.9. The van der Waals surface area contributed by atoms with Crippen LogP contribution in [-0.2, 0) is 4.79 Å². The second-order valence-electron chi connectivity index (χ2n) is 5.31. The fourth-order valence-corrected chi connectivity index (χ4v) is 2.67. The molecule has 1 aromatic carbocycles. The number of aromatic amines is 1. The van der Waals surface area contributed by atoms with E-state index >= 15 is 0 Å². The van der Waals surface area contributed by atoms with Gasteiger partial charge in [0.15, 0.2) is 5.78 Å². The first-order valence-electron chi connectivity index (χ1n) is 6.94. The van der Waals surface area contributed by atoms with Crippen molar-refractivity contribution in [1.82, 2.24) is 14.9 Å². The van der Waals surface area contributed by atoms with Crippen molar-refractivity contribution in [2.45, 2.75) is 32.2 Å². The number of carbonyl (C=O) groups excluding carboxylic acids is 1. The third-order valence-corrected chi connectivity index (χ3v) is 4.04. The number of ketones is 1. The van der Waals surface area contributed by atoms with E-state index in [2.05, 4.69) is 16.9 Å². The summed E-state index contributed by atoms with van der Waals surface area (Å²) in [6, 6.07) is 7.89. The molecule has 104 valence electrons. The van der Waals surface area contributed by atoms with Crippen LogP contribution in [0.15, 0.2) is 24.3 Å². The Labute approximate surface area is 117 Å². The summed E-state index contributed by atoms with van der Waals surface area (Å²) < 4.78 is 0. The fraction of sp³-hybridized carbons (Fsp3) is 0.400. The molecule has 0 saturated carbocycles. The summed E-state index contributed by atoms with van der Waals surface area (Å²) in [5, 5.41) is 8.28. The standard InChI is InChI=1S/C15H18N4O/c1-3-9(2)19-8-12(20)13(14(19)16)15-17-10-6-4-5-7-11(10)18-15/h4-7,9,13,16H,3,8H2,1-2H3,(H,17,18)/t9-,13+/m0/s1. The number of rotatable bonds is 3. The molecule has 1 fully saturated rings. The Bertz CT molecular complexity index is 642. The van der Waals surface area contributed by atoms with Crippen molar-refractivity contribution in [2.75, 3.05) is 6.54 Å². The minimum Gasteiger partial charge on any atom is -0.349 e. The predicted octanol–water partition coefficient (Wildman–Crippen LogP) is 2.31. The number of likely N-dealkylation sites (tertiary alicyclic amines) is 1. The monoisotopic (exact) mass is 270 g/mol. The summed E-state index contributed by atoms with van der Waals surface area (Å²) in [6.07, 6.45) is 0.919. The molecule has 20 heavy (non-hydrogen) atoms. The summed E-state index contributed by atoms with van der Waals surface area (Å²) in [5.41, 5.74) is 1.75. The molecule has 1 aromatic heterocycles. The van der Waals surface area contributed by atoms with Gasteiger partial charge in [-0.2, -0.15) is 0 Å². The first kappa shape index (κ1) is 12.8. The van der Waals surface area contributed by atoms with Gasteiger partial charge in [0.05, 0.1) is 17.6 Å². The molecule has 0 bridgehead atoms. The van der Waals surface area contributed by atoms with Gasteiger partial charge in [0, 0.05) is 6.04 Å². The number of H-pyrrole nitrogens is 1. The van der Waals surface area contributed by atoms with Gasteiger partial charge in [-0.3, -0.25) is 10.2 Å². The van der Waals surface area contributed by atoms with Gasteiger partial charge in [-0.1, -0.05) is 19.1 Å². The molecule has 5 nitrogen and oxygen atoms in total. The predicted molar refractivity (Wildman–Crippen MR) is 78.0 cm³/mol. The van der Waals surface area contributed by atoms with Crippen LogP contribution >= 0.6 is 0 Å². The molecule has 1 saturated heterocycles. The molecule has 0 spiro atoms. The van der Waals surface area contributed by atoms with E-state index in [-0.39, 0.29) is 11.8 Å². The van der Waals surface area contributed by atoms with Crippen molar-refractivity contribution in [3.8, 4) is 0 Å². The number of nitrogens with one attached hydrogen (secondary N) is 2. The third-order valence-electron chi connectivity index (χ3n) is 4.04. The highest BCUT2D eigenvalue weighted by atomic mass is 16.1. The van der Waals surface area contributed by atoms with E-state index in [4.69, 9.17) is 5.41 Å². The number of amidine groups is 1. The van der Waals surface area contributed by atoms with Crippen LogP contribution in [0.25, 0.3) is 11.0 Å². The summed E-state index contributed by atoms with van der Waals surface area (Å²) in [6.45, 7) is 4.43. The number of aromatic nitrogens is 2. The Morgan fingerprint density at radius 3 is 2.95 bits per heavy atom. The summed E-state index contributed by atoms with van der Waals surface area (Å²) in [5.74, 6) is 0.459. The molecule has 0 unspecified atom stereocenters. The molecule has 1 aliphatic heterocycles.